The predicted molar refractivity (Wildman–Crippen MR) is 101 cm³/mol. The molecule has 1 saturated carbocycles. The average Bonchev–Trinajstić information content (AvgIpc) is 2.83. The van der Waals surface area contributed by atoms with Crippen LogP contribution in [-0.4, -0.2) is 14.5 Å². The molecule has 0 radical (unpaired) electrons. The first-order chi connectivity index (χ1) is 11.0. The molecule has 1 aliphatic carbocycles. The molecule has 0 bridgehead atoms. The van der Waals surface area contributed by atoms with Gasteiger partial charge in [-0.3, -0.25) is 0 Å². The van der Waals surface area contributed by atoms with E-state index in [-0.39, 0.29) is 0 Å². The van der Waals surface area contributed by atoms with Gasteiger partial charge in [0.1, 0.15) is 5.82 Å². The Kier molecular flexibility index (Phi) is 5.00. The lowest BCUT2D eigenvalue weighted by Crippen LogP contribution is -2.19. The summed E-state index contributed by atoms with van der Waals surface area (Å²) in [6.07, 6.45) is 9.23. The normalized spacial score (nSPS) is 16.1. The molecule has 1 aromatic carbocycles. The van der Waals surface area contributed by atoms with Crippen LogP contribution in [-0.2, 0) is 13.0 Å². The first-order valence-corrected chi connectivity index (χ1v) is 9.20. The second-order valence-electron chi connectivity index (χ2n) is 7.05. The van der Waals surface area contributed by atoms with Crippen molar-refractivity contribution in [1.82, 2.24) is 9.55 Å². The molecule has 1 aromatic heterocycles. The first kappa shape index (κ1) is 16.4. The molecule has 0 amide bonds. The Morgan fingerprint density at radius 1 is 1.22 bits per heavy atom. The van der Waals surface area contributed by atoms with Crippen LogP contribution >= 0.6 is 12.2 Å². The van der Waals surface area contributed by atoms with E-state index in [9.17, 15) is 0 Å². The number of aromatic nitrogens is 2. The van der Waals surface area contributed by atoms with Crippen molar-refractivity contribution in [2.75, 3.05) is 0 Å². The van der Waals surface area contributed by atoms with Gasteiger partial charge in [0.15, 0.2) is 0 Å². The fourth-order valence-electron chi connectivity index (χ4n) is 3.76. The van der Waals surface area contributed by atoms with Gasteiger partial charge in [0, 0.05) is 6.42 Å². The first-order valence-electron chi connectivity index (χ1n) is 8.79. The number of fused-ring (bicyclic) bond motifs is 1. The minimum absolute atomic E-state index is 0.529. The summed E-state index contributed by atoms with van der Waals surface area (Å²) in [7, 11) is 0. The highest BCUT2D eigenvalue weighted by atomic mass is 32.1. The summed E-state index contributed by atoms with van der Waals surface area (Å²) in [6.45, 7) is 4.88. The second-order valence-corrected chi connectivity index (χ2v) is 7.57. The van der Waals surface area contributed by atoms with Crippen LogP contribution in [0.4, 0.5) is 0 Å². The number of benzene rings is 1. The van der Waals surface area contributed by atoms with Crippen molar-refractivity contribution in [3.8, 4) is 0 Å². The van der Waals surface area contributed by atoms with Gasteiger partial charge in [0.05, 0.1) is 22.6 Å². The van der Waals surface area contributed by atoms with Crippen molar-refractivity contribution in [3.63, 3.8) is 0 Å². The quantitative estimate of drug-likeness (QED) is 0.824. The highest BCUT2D eigenvalue weighted by Crippen LogP contribution is 2.28. The summed E-state index contributed by atoms with van der Waals surface area (Å²) in [6, 6.07) is 4.41. The third-order valence-electron chi connectivity index (χ3n) is 5.26. The number of thiocarbonyl (C=S) groups is 1. The molecule has 0 aliphatic heterocycles. The number of imidazole rings is 1. The van der Waals surface area contributed by atoms with E-state index >= 15 is 0 Å². The van der Waals surface area contributed by atoms with E-state index < -0.39 is 0 Å². The summed E-state index contributed by atoms with van der Waals surface area (Å²) in [5, 5.41) is 0. The zero-order valence-corrected chi connectivity index (χ0v) is 15.1. The average molecular weight is 330 g/mol. The van der Waals surface area contributed by atoms with Crippen molar-refractivity contribution in [2.45, 2.75) is 65.3 Å². The third kappa shape index (κ3) is 3.74. The number of nitrogens with zero attached hydrogens (tertiary/aromatic N) is 2. The predicted octanol–water partition coefficient (Wildman–Crippen LogP) is 4.45. The molecule has 0 saturated heterocycles. The van der Waals surface area contributed by atoms with E-state index in [0.717, 1.165) is 23.7 Å². The van der Waals surface area contributed by atoms with Crippen LogP contribution in [0, 0.1) is 19.8 Å². The number of nitrogens with two attached hydrogens (primary N) is 1. The van der Waals surface area contributed by atoms with Gasteiger partial charge in [-0.2, -0.15) is 0 Å². The van der Waals surface area contributed by atoms with E-state index in [1.165, 1.54) is 55.2 Å². The lowest BCUT2D eigenvalue weighted by molar-refractivity contribution is 0.336. The maximum absolute atomic E-state index is 5.83. The van der Waals surface area contributed by atoms with Gasteiger partial charge in [-0.25, -0.2) is 4.98 Å². The number of aryl methyl sites for hydroxylation is 3. The molecular formula is C19H27N3S. The van der Waals surface area contributed by atoms with Gasteiger partial charge >= 0.3 is 0 Å². The van der Waals surface area contributed by atoms with Gasteiger partial charge in [-0.15, -0.1) is 0 Å². The van der Waals surface area contributed by atoms with E-state index in [1.54, 1.807) is 0 Å². The van der Waals surface area contributed by atoms with E-state index in [1.807, 2.05) is 0 Å². The van der Waals surface area contributed by atoms with Gasteiger partial charge in [0.2, 0.25) is 0 Å². The number of rotatable bonds is 5. The smallest absolute Gasteiger partial charge is 0.110 e. The lowest BCUT2D eigenvalue weighted by atomic mass is 9.86. The van der Waals surface area contributed by atoms with Gasteiger partial charge < -0.3 is 10.3 Å². The molecule has 0 spiro atoms. The zero-order valence-electron chi connectivity index (χ0n) is 14.3. The van der Waals surface area contributed by atoms with Crippen LogP contribution in [0.25, 0.3) is 11.0 Å². The molecule has 124 valence electrons. The van der Waals surface area contributed by atoms with Crippen molar-refractivity contribution in [1.29, 1.82) is 0 Å². The highest BCUT2D eigenvalue weighted by Gasteiger charge is 2.17. The number of hydrogen-bond acceptors (Lipinski definition) is 2. The van der Waals surface area contributed by atoms with Crippen molar-refractivity contribution >= 4 is 28.2 Å². The van der Waals surface area contributed by atoms with Gasteiger partial charge in [-0.05, 0) is 49.4 Å². The molecule has 2 aromatic rings. The Morgan fingerprint density at radius 3 is 2.61 bits per heavy atom. The molecule has 1 aliphatic rings. The van der Waals surface area contributed by atoms with Gasteiger partial charge in [-0.1, -0.05) is 44.3 Å². The summed E-state index contributed by atoms with van der Waals surface area (Å²) in [4.78, 5) is 5.43. The maximum Gasteiger partial charge on any atom is 0.110 e. The summed E-state index contributed by atoms with van der Waals surface area (Å²) in [5.41, 5.74) is 10.7. The summed E-state index contributed by atoms with van der Waals surface area (Å²) in [5.74, 6) is 2.01. The highest BCUT2D eigenvalue weighted by molar-refractivity contribution is 7.80. The monoisotopic (exact) mass is 329 g/mol. The number of hydrogen-bond donors (Lipinski definition) is 1. The molecule has 3 nitrogen and oxygen atoms in total. The van der Waals surface area contributed by atoms with E-state index in [2.05, 4.69) is 30.5 Å². The second kappa shape index (κ2) is 7.00. The van der Waals surface area contributed by atoms with Crippen LogP contribution in [0.3, 0.4) is 0 Å². The SMILES string of the molecule is Cc1cc2nc(CCC3CCCCC3)n(CC(N)=S)c2cc1C. The van der Waals surface area contributed by atoms with Crippen LogP contribution in [0.5, 0.6) is 0 Å². The molecule has 1 fully saturated rings. The molecule has 3 rings (SSSR count). The van der Waals surface area contributed by atoms with E-state index in [4.69, 9.17) is 22.9 Å². The van der Waals surface area contributed by atoms with Gasteiger partial charge in [0.25, 0.3) is 0 Å². The molecule has 2 N–H and O–H groups in total. The van der Waals surface area contributed by atoms with Crippen LogP contribution in [0.1, 0.15) is 55.5 Å². The zero-order chi connectivity index (χ0) is 16.4. The van der Waals surface area contributed by atoms with Crippen molar-refractivity contribution in [3.05, 3.63) is 29.1 Å². The third-order valence-corrected chi connectivity index (χ3v) is 5.39. The van der Waals surface area contributed by atoms with Crippen molar-refractivity contribution in [2.24, 2.45) is 11.7 Å². The maximum atomic E-state index is 5.83. The van der Waals surface area contributed by atoms with Crippen LogP contribution in [0.2, 0.25) is 0 Å². The molecule has 4 heteroatoms. The van der Waals surface area contributed by atoms with Crippen LogP contribution < -0.4 is 5.73 Å². The topological polar surface area (TPSA) is 43.8 Å². The molecular weight excluding hydrogens is 302 g/mol. The minimum atomic E-state index is 0.529. The van der Waals surface area contributed by atoms with Crippen molar-refractivity contribution < 1.29 is 0 Å². The Labute approximate surface area is 144 Å². The van der Waals surface area contributed by atoms with Crippen LogP contribution in [0.15, 0.2) is 12.1 Å². The lowest BCUT2D eigenvalue weighted by Gasteiger charge is -2.21. The fourth-order valence-corrected chi connectivity index (χ4v) is 3.89. The fraction of sp³-hybridized carbons (Fsp3) is 0.579. The Morgan fingerprint density at radius 2 is 1.91 bits per heavy atom. The molecule has 0 atom stereocenters. The minimum Gasteiger partial charge on any atom is -0.392 e. The standard InChI is InChI=1S/C19H27N3S/c1-13-10-16-17(11-14(13)2)22(12-18(20)23)19(21-16)9-8-15-6-4-3-5-7-15/h10-11,15H,3-9,12H2,1-2H3,(H2,20,23). The molecule has 23 heavy (non-hydrogen) atoms. The molecule has 0 unspecified atom stereocenters. The van der Waals surface area contributed by atoms with E-state index in [0.29, 0.717) is 11.5 Å². The Balaban J connectivity index is 1.89. The Bertz CT molecular complexity index is 711. The Hall–Kier alpha value is -1.42. The largest absolute Gasteiger partial charge is 0.392 e. The summed E-state index contributed by atoms with van der Waals surface area (Å²) >= 11 is 5.16. The molecule has 1 heterocycles. The summed E-state index contributed by atoms with van der Waals surface area (Å²) < 4.78 is 2.23.